The van der Waals surface area contributed by atoms with Gasteiger partial charge in [0.1, 0.15) is 5.75 Å². The summed E-state index contributed by atoms with van der Waals surface area (Å²) >= 11 is 0. The minimum Gasteiger partial charge on any atom is -0.325 e. The van der Waals surface area contributed by atoms with E-state index in [1.54, 1.807) is 24.3 Å². The molecule has 0 heterocycles. The normalized spacial score (nSPS) is 14.4. The first-order valence-electron chi connectivity index (χ1n) is 7.67. The Bertz CT molecular complexity index is 796. The smallest absolute Gasteiger partial charge is 0.239 e. The van der Waals surface area contributed by atoms with Crippen LogP contribution in [-0.4, -0.2) is 20.1 Å². The van der Waals surface area contributed by atoms with Gasteiger partial charge in [-0.25, -0.2) is 8.42 Å². The third-order valence-corrected chi connectivity index (χ3v) is 5.31. The standard InChI is InChI=1S/C18H19NO3S/c20-18(19-16-7-2-1-3-8-16)13-23(21,22)12-15-6-4-5-9-17(15)14-10-11-14/h1-9,14H,10-13H2,(H,19,20). The van der Waals surface area contributed by atoms with E-state index in [1.807, 2.05) is 30.3 Å². The van der Waals surface area contributed by atoms with Gasteiger partial charge in [0.15, 0.2) is 9.84 Å². The highest BCUT2D eigenvalue weighted by molar-refractivity contribution is 7.91. The van der Waals surface area contributed by atoms with E-state index in [9.17, 15) is 13.2 Å². The van der Waals surface area contributed by atoms with Gasteiger partial charge in [-0.3, -0.25) is 4.79 Å². The molecule has 1 amide bonds. The number of hydrogen-bond donors (Lipinski definition) is 1. The fourth-order valence-electron chi connectivity index (χ4n) is 2.66. The Morgan fingerprint density at radius 1 is 1.00 bits per heavy atom. The summed E-state index contributed by atoms with van der Waals surface area (Å²) in [7, 11) is -3.49. The fraction of sp³-hybridized carbons (Fsp3) is 0.278. The second-order valence-electron chi connectivity index (χ2n) is 5.92. The second-order valence-corrected chi connectivity index (χ2v) is 7.98. The summed E-state index contributed by atoms with van der Waals surface area (Å²) in [5, 5.41) is 2.62. The van der Waals surface area contributed by atoms with Crippen molar-refractivity contribution in [1.82, 2.24) is 0 Å². The van der Waals surface area contributed by atoms with E-state index >= 15 is 0 Å². The second kappa shape index (κ2) is 6.54. The Hall–Kier alpha value is -2.14. The number of sulfone groups is 1. The molecule has 1 aliphatic rings. The molecule has 0 saturated heterocycles. The lowest BCUT2D eigenvalue weighted by Crippen LogP contribution is -2.24. The predicted molar refractivity (Wildman–Crippen MR) is 91.0 cm³/mol. The highest BCUT2D eigenvalue weighted by Crippen LogP contribution is 2.41. The monoisotopic (exact) mass is 329 g/mol. The van der Waals surface area contributed by atoms with E-state index < -0.39 is 21.5 Å². The molecule has 0 bridgehead atoms. The predicted octanol–water partition coefficient (Wildman–Crippen LogP) is 3.12. The zero-order valence-corrected chi connectivity index (χ0v) is 13.6. The van der Waals surface area contributed by atoms with Crippen molar-refractivity contribution in [2.24, 2.45) is 0 Å². The number of para-hydroxylation sites is 1. The van der Waals surface area contributed by atoms with Crippen LogP contribution in [0.15, 0.2) is 54.6 Å². The number of nitrogens with one attached hydrogen (secondary N) is 1. The van der Waals surface area contributed by atoms with Gasteiger partial charge in [-0.15, -0.1) is 0 Å². The van der Waals surface area contributed by atoms with Crippen molar-refractivity contribution >= 4 is 21.4 Å². The van der Waals surface area contributed by atoms with Crippen LogP contribution in [0.2, 0.25) is 0 Å². The van der Waals surface area contributed by atoms with E-state index in [1.165, 1.54) is 0 Å². The Morgan fingerprint density at radius 2 is 1.65 bits per heavy atom. The van der Waals surface area contributed by atoms with Crippen molar-refractivity contribution in [1.29, 1.82) is 0 Å². The van der Waals surface area contributed by atoms with Crippen LogP contribution in [0.25, 0.3) is 0 Å². The van der Waals surface area contributed by atoms with Gasteiger partial charge in [0.05, 0.1) is 5.75 Å². The lowest BCUT2D eigenvalue weighted by molar-refractivity contribution is -0.113. The number of carbonyl (C=O) groups is 1. The van der Waals surface area contributed by atoms with Crippen molar-refractivity contribution in [2.45, 2.75) is 24.5 Å². The molecule has 1 saturated carbocycles. The molecule has 120 valence electrons. The Kier molecular flexibility index (Phi) is 4.48. The van der Waals surface area contributed by atoms with Gasteiger partial charge < -0.3 is 5.32 Å². The van der Waals surface area contributed by atoms with Gasteiger partial charge in [0, 0.05) is 5.69 Å². The molecule has 4 nitrogen and oxygen atoms in total. The molecule has 2 aromatic rings. The molecular formula is C18H19NO3S. The maximum Gasteiger partial charge on any atom is 0.239 e. The first-order valence-corrected chi connectivity index (χ1v) is 9.49. The first-order chi connectivity index (χ1) is 11.0. The van der Waals surface area contributed by atoms with Gasteiger partial charge in [0.2, 0.25) is 5.91 Å². The van der Waals surface area contributed by atoms with Crippen LogP contribution in [0.3, 0.4) is 0 Å². The average molecular weight is 329 g/mol. The number of benzene rings is 2. The summed E-state index contributed by atoms with van der Waals surface area (Å²) in [5.41, 5.74) is 2.54. The molecule has 0 radical (unpaired) electrons. The molecule has 0 aromatic heterocycles. The maximum absolute atomic E-state index is 12.3. The summed E-state index contributed by atoms with van der Waals surface area (Å²) < 4.78 is 24.7. The Morgan fingerprint density at radius 3 is 2.35 bits per heavy atom. The van der Waals surface area contributed by atoms with Gasteiger partial charge >= 0.3 is 0 Å². The number of hydrogen-bond acceptors (Lipinski definition) is 3. The van der Waals surface area contributed by atoms with Crippen LogP contribution in [0.5, 0.6) is 0 Å². The Balaban J connectivity index is 1.66. The van der Waals surface area contributed by atoms with Crippen molar-refractivity contribution in [3.05, 3.63) is 65.7 Å². The number of carbonyl (C=O) groups excluding carboxylic acids is 1. The summed E-state index contributed by atoms with van der Waals surface area (Å²) in [5.74, 6) is -0.595. The molecule has 0 spiro atoms. The van der Waals surface area contributed by atoms with Crippen LogP contribution in [0, 0.1) is 0 Å². The molecule has 1 aliphatic carbocycles. The van der Waals surface area contributed by atoms with E-state index in [0.717, 1.165) is 24.0 Å². The largest absolute Gasteiger partial charge is 0.325 e. The average Bonchev–Trinajstić information content (AvgIpc) is 3.32. The molecule has 0 aliphatic heterocycles. The maximum atomic E-state index is 12.3. The molecule has 23 heavy (non-hydrogen) atoms. The van der Waals surface area contributed by atoms with Crippen molar-refractivity contribution < 1.29 is 13.2 Å². The summed E-state index contributed by atoms with van der Waals surface area (Å²) in [6, 6.07) is 16.5. The SMILES string of the molecule is O=C(CS(=O)(=O)Cc1ccccc1C1CC1)Nc1ccccc1. The molecule has 1 N–H and O–H groups in total. The summed E-state index contributed by atoms with van der Waals surface area (Å²) in [6.45, 7) is 0. The lowest BCUT2D eigenvalue weighted by Gasteiger charge is -2.10. The van der Waals surface area contributed by atoms with Crippen LogP contribution in [-0.2, 0) is 20.4 Å². The molecular weight excluding hydrogens is 310 g/mol. The lowest BCUT2D eigenvalue weighted by atomic mass is 10.1. The molecule has 3 rings (SSSR count). The van der Waals surface area contributed by atoms with Gasteiger partial charge in [-0.1, -0.05) is 42.5 Å². The quantitative estimate of drug-likeness (QED) is 0.885. The van der Waals surface area contributed by atoms with Crippen molar-refractivity contribution in [3.63, 3.8) is 0 Å². The minimum absolute atomic E-state index is 0.0815. The Labute approximate surface area is 136 Å². The fourth-order valence-corrected chi connectivity index (χ4v) is 3.97. The van der Waals surface area contributed by atoms with Gasteiger partial charge in [-0.2, -0.15) is 0 Å². The molecule has 5 heteroatoms. The van der Waals surface area contributed by atoms with Crippen LogP contribution < -0.4 is 5.32 Å². The topological polar surface area (TPSA) is 63.2 Å². The molecule has 0 atom stereocenters. The van der Waals surface area contributed by atoms with Crippen molar-refractivity contribution in [3.8, 4) is 0 Å². The summed E-state index contributed by atoms with van der Waals surface area (Å²) in [6.07, 6.45) is 2.23. The summed E-state index contributed by atoms with van der Waals surface area (Å²) in [4.78, 5) is 12.0. The van der Waals surface area contributed by atoms with Crippen LogP contribution in [0.1, 0.15) is 29.9 Å². The minimum atomic E-state index is -3.49. The van der Waals surface area contributed by atoms with E-state index in [4.69, 9.17) is 0 Å². The van der Waals surface area contributed by atoms with E-state index in [-0.39, 0.29) is 5.75 Å². The van der Waals surface area contributed by atoms with Crippen LogP contribution in [0.4, 0.5) is 5.69 Å². The highest BCUT2D eigenvalue weighted by atomic mass is 32.2. The van der Waals surface area contributed by atoms with E-state index in [0.29, 0.717) is 11.6 Å². The third-order valence-electron chi connectivity index (χ3n) is 3.86. The molecule has 2 aromatic carbocycles. The van der Waals surface area contributed by atoms with Gasteiger partial charge in [0.25, 0.3) is 0 Å². The number of rotatable bonds is 6. The highest BCUT2D eigenvalue weighted by Gasteiger charge is 2.27. The van der Waals surface area contributed by atoms with E-state index in [2.05, 4.69) is 5.32 Å². The molecule has 1 fully saturated rings. The number of amides is 1. The zero-order valence-electron chi connectivity index (χ0n) is 12.7. The number of anilines is 1. The van der Waals surface area contributed by atoms with Crippen LogP contribution >= 0.6 is 0 Å². The first kappa shape index (κ1) is 15.7. The molecule has 0 unspecified atom stereocenters. The zero-order chi connectivity index (χ0) is 16.3. The van der Waals surface area contributed by atoms with Crippen molar-refractivity contribution in [2.75, 3.05) is 11.1 Å². The third kappa shape index (κ3) is 4.42. The van der Waals surface area contributed by atoms with Gasteiger partial charge in [-0.05, 0) is 42.0 Å².